The molecule has 0 fully saturated rings. The van der Waals surface area contributed by atoms with Crippen molar-refractivity contribution >= 4 is 0 Å². The van der Waals surface area contributed by atoms with Crippen molar-refractivity contribution in [2.45, 2.75) is 49.4 Å². The van der Waals surface area contributed by atoms with Gasteiger partial charge in [-0.15, -0.1) is 0 Å². The van der Waals surface area contributed by atoms with Crippen molar-refractivity contribution in [3.63, 3.8) is 0 Å². The highest BCUT2D eigenvalue weighted by Gasteiger charge is 2.37. The molecule has 0 spiro atoms. The van der Waals surface area contributed by atoms with Crippen molar-refractivity contribution in [3.8, 4) is 167 Å². The molecule has 0 heterocycles. The van der Waals surface area contributed by atoms with E-state index >= 15 is 0 Å². The van der Waals surface area contributed by atoms with E-state index in [-0.39, 0.29) is 17.8 Å². The zero-order chi connectivity index (χ0) is 96.2. The lowest BCUT2D eigenvalue weighted by Gasteiger charge is -2.16. The Hall–Kier alpha value is -17.9. The van der Waals surface area contributed by atoms with Gasteiger partial charge in [0.2, 0.25) is 0 Å². The summed E-state index contributed by atoms with van der Waals surface area (Å²) in [4.78, 5) is 0. The van der Waals surface area contributed by atoms with Crippen LogP contribution in [-0.4, -0.2) is 0 Å². The summed E-state index contributed by atoms with van der Waals surface area (Å²) in [6.45, 7) is 0. The van der Waals surface area contributed by atoms with Crippen LogP contribution in [0.4, 0.5) is 0 Å². The van der Waals surface area contributed by atoms with Crippen LogP contribution in [0.5, 0.6) is 0 Å². The molecule has 0 bridgehead atoms. The number of fused-ring (bicyclic) bond motifs is 24. The average Bonchev–Trinajstić information content (AvgIpc) is 1.59. The largest absolute Gasteiger partial charge is 0.0622 e. The van der Waals surface area contributed by atoms with E-state index in [4.69, 9.17) is 0 Å². The number of hydrogen-bond donors (Lipinski definition) is 0. The van der Waals surface area contributed by atoms with Gasteiger partial charge in [-0.05, 0) is 352 Å². The van der Waals surface area contributed by atoms with E-state index < -0.39 is 0 Å². The third-order valence-corrected chi connectivity index (χ3v) is 32.4. The summed E-state index contributed by atoms with van der Waals surface area (Å²) in [5.41, 5.74) is 67.9. The van der Waals surface area contributed by atoms with Gasteiger partial charge in [-0.1, -0.05) is 485 Å². The maximum absolute atomic E-state index is 2.41. The highest BCUT2D eigenvalue weighted by atomic mass is 14.4. The Labute approximate surface area is 855 Å². The standard InChI is InChI=1S/3C38H26.C32H22/c2*1-2-9-25(10-3-1)26-12-8-13-31(21-26)38-34-16-7-6-15-33(34)37-24-28(19-20-35(37)38)27-17-18-30-22-29-11-4-5-14-32(29)36(30)23-27;1-2-8-25(9-3-1)26-14-16-27(17-15-26)38-34-13-7-6-12-33(34)37-24-29(20-21-35(37)38)28-18-19-31-22-30-10-4-5-11-32(30)36(31)23-28;1-2-8-21(9-3-1)32-28-13-7-6-12-27(28)31-20-23(16-17-29(31)32)22-14-15-25-18-24-10-4-5-11-26(24)30(25)19-22/h3*1-21,23-24,38H,22H2;1-17,19-20,32H,18H2. The van der Waals surface area contributed by atoms with Gasteiger partial charge >= 0.3 is 0 Å². The smallest absolute Gasteiger partial charge is 0.0352 e. The van der Waals surface area contributed by atoms with Crippen LogP contribution in [0.2, 0.25) is 0 Å². The predicted molar refractivity (Wildman–Crippen MR) is 608 cm³/mol. The molecule has 23 aromatic rings. The molecule has 0 radical (unpaired) electrons. The molecule has 146 heavy (non-hydrogen) atoms. The molecule has 0 aliphatic heterocycles. The van der Waals surface area contributed by atoms with Crippen LogP contribution >= 0.6 is 0 Å². The molecule has 4 atom stereocenters. The Kier molecular flexibility index (Phi) is 21.3. The lowest BCUT2D eigenvalue weighted by atomic mass is 9.87. The molecule has 684 valence electrons. The van der Waals surface area contributed by atoms with Gasteiger partial charge in [0.05, 0.1) is 0 Å². The average molecular weight is 1850 g/mol. The summed E-state index contributed by atoms with van der Waals surface area (Å²) >= 11 is 0. The minimum absolute atomic E-state index is 0.241. The van der Waals surface area contributed by atoms with Crippen LogP contribution in [0, 0.1) is 0 Å². The van der Waals surface area contributed by atoms with E-state index in [9.17, 15) is 0 Å². The van der Waals surface area contributed by atoms with Crippen molar-refractivity contribution in [1.29, 1.82) is 0 Å². The van der Waals surface area contributed by atoms with Crippen LogP contribution in [-0.2, 0) is 25.7 Å². The van der Waals surface area contributed by atoms with E-state index in [1.807, 2.05) is 0 Å². The lowest BCUT2D eigenvalue weighted by molar-refractivity contribution is 1.02. The Morgan fingerprint density at radius 1 is 0.0959 bits per heavy atom. The molecule has 0 nitrogen and oxygen atoms in total. The molecule has 0 heteroatoms. The summed E-state index contributed by atoms with van der Waals surface area (Å²) in [6, 6.07) is 198. The maximum atomic E-state index is 2.41. The van der Waals surface area contributed by atoms with Gasteiger partial charge < -0.3 is 0 Å². The Balaban J connectivity index is 0.0000000945. The topological polar surface area (TPSA) is 0 Å². The normalized spacial score (nSPS) is 14.6. The second-order valence-corrected chi connectivity index (χ2v) is 40.5. The van der Waals surface area contributed by atoms with E-state index in [1.54, 1.807) is 0 Å². The molecule has 31 rings (SSSR count). The fourth-order valence-electron chi connectivity index (χ4n) is 25.4. The van der Waals surface area contributed by atoms with Crippen LogP contribution in [0.15, 0.2) is 534 Å². The summed E-state index contributed by atoms with van der Waals surface area (Å²) in [6.07, 6.45) is 4.15. The molecular formula is C146H100. The second kappa shape index (κ2) is 36.2. The van der Waals surface area contributed by atoms with Gasteiger partial charge in [-0.25, -0.2) is 0 Å². The maximum Gasteiger partial charge on any atom is 0.0352 e. The molecule has 8 aliphatic rings. The van der Waals surface area contributed by atoms with Crippen LogP contribution in [0.1, 0.15) is 135 Å². The van der Waals surface area contributed by atoms with Crippen LogP contribution < -0.4 is 0 Å². The number of benzene rings is 23. The summed E-state index contributed by atoms with van der Waals surface area (Å²) in [5, 5.41) is 0. The molecule has 8 aliphatic carbocycles. The molecule has 0 aromatic heterocycles. The Morgan fingerprint density at radius 3 is 0.568 bits per heavy atom. The molecular weight excluding hydrogens is 1750 g/mol. The quantitative estimate of drug-likeness (QED) is 0.121. The zero-order valence-electron chi connectivity index (χ0n) is 80.9. The lowest BCUT2D eigenvalue weighted by Crippen LogP contribution is -1.99. The number of rotatable bonds is 11. The number of hydrogen-bond acceptors (Lipinski definition) is 0. The van der Waals surface area contributed by atoms with Gasteiger partial charge in [-0.3, -0.25) is 0 Å². The van der Waals surface area contributed by atoms with Gasteiger partial charge in [0.25, 0.3) is 0 Å². The van der Waals surface area contributed by atoms with Gasteiger partial charge in [0.1, 0.15) is 0 Å². The van der Waals surface area contributed by atoms with Crippen LogP contribution in [0.25, 0.3) is 167 Å². The third-order valence-electron chi connectivity index (χ3n) is 32.4. The summed E-state index contributed by atoms with van der Waals surface area (Å²) < 4.78 is 0. The molecule has 0 amide bonds. The minimum Gasteiger partial charge on any atom is -0.0622 e. The fourth-order valence-corrected chi connectivity index (χ4v) is 25.4. The molecule has 0 saturated carbocycles. The van der Waals surface area contributed by atoms with Gasteiger partial charge in [-0.2, -0.15) is 0 Å². The fraction of sp³-hybridized carbons (Fsp3) is 0.0548. The first-order valence-corrected chi connectivity index (χ1v) is 51.7. The Morgan fingerprint density at radius 2 is 0.274 bits per heavy atom. The minimum atomic E-state index is 0.241. The zero-order valence-corrected chi connectivity index (χ0v) is 80.9. The summed E-state index contributed by atoms with van der Waals surface area (Å²) in [5.74, 6) is 1.05. The molecule has 0 N–H and O–H groups in total. The van der Waals surface area contributed by atoms with E-state index in [0.717, 1.165) is 25.7 Å². The first-order chi connectivity index (χ1) is 72.4. The van der Waals surface area contributed by atoms with Gasteiger partial charge in [0.15, 0.2) is 0 Å². The van der Waals surface area contributed by atoms with Gasteiger partial charge in [0, 0.05) is 23.7 Å². The predicted octanol–water partition coefficient (Wildman–Crippen LogP) is 37.3. The van der Waals surface area contributed by atoms with E-state index in [1.165, 1.54) is 278 Å². The van der Waals surface area contributed by atoms with Crippen molar-refractivity contribution < 1.29 is 0 Å². The van der Waals surface area contributed by atoms with Crippen molar-refractivity contribution in [3.05, 3.63) is 645 Å². The monoisotopic (exact) mass is 1850 g/mol. The van der Waals surface area contributed by atoms with Crippen molar-refractivity contribution in [2.75, 3.05) is 0 Å². The Bertz CT molecular complexity index is 8830. The summed E-state index contributed by atoms with van der Waals surface area (Å²) in [7, 11) is 0. The van der Waals surface area contributed by atoms with Crippen molar-refractivity contribution in [1.82, 2.24) is 0 Å². The highest BCUT2D eigenvalue weighted by Crippen LogP contribution is 2.57. The third kappa shape index (κ3) is 15.2. The van der Waals surface area contributed by atoms with Crippen molar-refractivity contribution in [2.24, 2.45) is 0 Å². The highest BCUT2D eigenvalue weighted by molar-refractivity contribution is 5.94. The van der Waals surface area contributed by atoms with E-state index in [2.05, 4.69) is 534 Å². The van der Waals surface area contributed by atoms with E-state index in [0.29, 0.717) is 5.92 Å². The second-order valence-electron chi connectivity index (χ2n) is 40.5. The molecule has 23 aromatic carbocycles. The first kappa shape index (κ1) is 86.0. The first-order valence-electron chi connectivity index (χ1n) is 51.7. The molecule has 4 unspecified atom stereocenters. The molecule has 0 saturated heterocycles. The SMILES string of the molecule is c1ccc(-c2ccc(C3c4ccccc4-c4cc(-c5ccc6c(c5)-c5ccccc5C6)ccc43)cc2)cc1.c1ccc(-c2cccc(C3c4ccccc4-c4cc(-c5ccc6c(c5)-c5ccccc5C6)ccc43)c2)cc1.c1ccc(-c2cccc(C3c4ccccc4-c4cc(-c5ccc6c(c5)-c5ccccc5C6)ccc43)c2)cc1.c1ccc(C2c3ccccc3-c3cc(-c4ccc5c(c4)-c4ccccc4C5)ccc32)cc1. The van der Waals surface area contributed by atoms with Crippen LogP contribution in [0.3, 0.4) is 0 Å².